The van der Waals surface area contributed by atoms with E-state index in [0.29, 0.717) is 6.42 Å². The molecule has 1 fully saturated rings. The Morgan fingerprint density at radius 3 is 2.52 bits per heavy atom. The molecule has 1 saturated heterocycles. The maximum atomic E-state index is 12.5. The van der Waals surface area contributed by atoms with Crippen LogP contribution in [0.3, 0.4) is 0 Å². The first-order valence-corrected chi connectivity index (χ1v) is 11.1. The molecule has 2 atom stereocenters. The molecule has 0 spiro atoms. The summed E-state index contributed by atoms with van der Waals surface area (Å²) >= 11 is 0. The quantitative estimate of drug-likeness (QED) is 0.292. The lowest BCUT2D eigenvalue weighted by molar-refractivity contribution is -0.170. The van der Waals surface area contributed by atoms with Gasteiger partial charge in [0.2, 0.25) is 0 Å². The van der Waals surface area contributed by atoms with E-state index in [4.69, 9.17) is 14.2 Å². The average molecular weight is 459 g/mol. The number of amides is 1. The van der Waals surface area contributed by atoms with Crippen molar-refractivity contribution in [1.29, 1.82) is 0 Å². The van der Waals surface area contributed by atoms with Gasteiger partial charge in [-0.25, -0.2) is 4.79 Å². The molecule has 8 nitrogen and oxygen atoms in total. The third-order valence-corrected chi connectivity index (χ3v) is 5.07. The number of nitrogens with zero attached hydrogens (tertiary/aromatic N) is 1. The molecular formula is C25H34N2O6. The summed E-state index contributed by atoms with van der Waals surface area (Å²) < 4.78 is 16.1. The maximum Gasteiger partial charge on any atom is 0.410 e. The van der Waals surface area contributed by atoms with E-state index in [1.165, 1.54) is 11.0 Å². The van der Waals surface area contributed by atoms with Gasteiger partial charge in [0.05, 0.1) is 0 Å². The third kappa shape index (κ3) is 9.10. The van der Waals surface area contributed by atoms with Gasteiger partial charge in [-0.05, 0) is 38.7 Å². The van der Waals surface area contributed by atoms with Gasteiger partial charge in [0, 0.05) is 12.6 Å². The third-order valence-electron chi connectivity index (χ3n) is 5.07. The van der Waals surface area contributed by atoms with Crippen LogP contribution in [0.1, 0.15) is 38.7 Å². The highest BCUT2D eigenvalue weighted by Gasteiger charge is 2.34. The summed E-state index contributed by atoms with van der Waals surface area (Å²) in [5, 5.41) is 3.23. The molecule has 33 heavy (non-hydrogen) atoms. The van der Waals surface area contributed by atoms with Crippen molar-refractivity contribution >= 4 is 18.0 Å². The molecule has 1 heterocycles. The molecule has 0 saturated carbocycles. The normalized spacial score (nSPS) is 17.6. The number of nitrogens with one attached hydrogen (secondary N) is 1. The van der Waals surface area contributed by atoms with E-state index in [0.717, 1.165) is 18.4 Å². The molecule has 1 aromatic carbocycles. The Labute approximate surface area is 195 Å². The fraction of sp³-hybridized carbons (Fsp3) is 0.480. The zero-order chi connectivity index (χ0) is 24.3. The molecule has 1 aliphatic rings. The predicted octanol–water partition coefficient (Wildman–Crippen LogP) is 3.37. The van der Waals surface area contributed by atoms with Crippen LogP contribution in [-0.4, -0.2) is 60.3 Å². The van der Waals surface area contributed by atoms with Crippen LogP contribution in [0.25, 0.3) is 0 Å². The summed E-state index contributed by atoms with van der Waals surface area (Å²) in [7, 11) is 0. The van der Waals surface area contributed by atoms with E-state index in [9.17, 15) is 14.4 Å². The second-order valence-corrected chi connectivity index (χ2v) is 8.57. The molecule has 180 valence electrons. The van der Waals surface area contributed by atoms with Crippen molar-refractivity contribution in [2.45, 2.75) is 57.4 Å². The number of rotatable bonds is 12. The van der Waals surface area contributed by atoms with Crippen LogP contribution < -0.4 is 5.32 Å². The Bertz CT molecular complexity index is 823. The Morgan fingerprint density at radius 2 is 1.85 bits per heavy atom. The van der Waals surface area contributed by atoms with Crippen molar-refractivity contribution in [3.63, 3.8) is 0 Å². The Kier molecular flexibility index (Phi) is 10.1. The second kappa shape index (κ2) is 12.8. The molecular weight excluding hydrogens is 424 g/mol. The number of carbonyl (C=O) groups excluding carboxylic acids is 3. The van der Waals surface area contributed by atoms with E-state index in [-0.39, 0.29) is 44.4 Å². The monoisotopic (exact) mass is 458 g/mol. The molecule has 0 aliphatic carbocycles. The Morgan fingerprint density at radius 1 is 1.12 bits per heavy atom. The van der Waals surface area contributed by atoms with Gasteiger partial charge in [-0.2, -0.15) is 0 Å². The van der Waals surface area contributed by atoms with Crippen LogP contribution in [0.4, 0.5) is 4.79 Å². The minimum atomic E-state index is -1.01. The summed E-state index contributed by atoms with van der Waals surface area (Å²) in [5.74, 6) is -1.01. The van der Waals surface area contributed by atoms with Gasteiger partial charge in [0.25, 0.3) is 0 Å². The first kappa shape index (κ1) is 26.1. The topological polar surface area (TPSA) is 94.2 Å². The first-order chi connectivity index (χ1) is 15.7. The zero-order valence-corrected chi connectivity index (χ0v) is 19.5. The van der Waals surface area contributed by atoms with Gasteiger partial charge >= 0.3 is 18.0 Å². The largest absolute Gasteiger partial charge is 0.460 e. The number of carbonyl (C=O) groups is 3. The average Bonchev–Trinajstić information content (AvgIpc) is 3.25. The van der Waals surface area contributed by atoms with Crippen molar-refractivity contribution < 1.29 is 28.6 Å². The lowest BCUT2D eigenvalue weighted by Crippen LogP contribution is -2.43. The van der Waals surface area contributed by atoms with Gasteiger partial charge in [-0.15, -0.1) is 13.2 Å². The van der Waals surface area contributed by atoms with Crippen LogP contribution in [0.5, 0.6) is 0 Å². The maximum absolute atomic E-state index is 12.5. The van der Waals surface area contributed by atoms with Crippen LogP contribution in [0.15, 0.2) is 55.6 Å². The summed E-state index contributed by atoms with van der Waals surface area (Å²) in [5.41, 5.74) is -0.176. The predicted molar refractivity (Wildman–Crippen MR) is 124 cm³/mol. The lowest BCUT2D eigenvalue weighted by atomic mass is 10.1. The number of ether oxygens (including phenoxy) is 3. The smallest absolute Gasteiger partial charge is 0.410 e. The van der Waals surface area contributed by atoms with E-state index in [2.05, 4.69) is 18.5 Å². The summed E-state index contributed by atoms with van der Waals surface area (Å²) in [6, 6.07) is 9.07. The van der Waals surface area contributed by atoms with Gasteiger partial charge in [0.1, 0.15) is 31.4 Å². The van der Waals surface area contributed by atoms with E-state index in [1.54, 1.807) is 13.8 Å². The number of esters is 2. The molecule has 8 heteroatoms. The van der Waals surface area contributed by atoms with E-state index < -0.39 is 17.7 Å². The van der Waals surface area contributed by atoms with Crippen LogP contribution >= 0.6 is 0 Å². The van der Waals surface area contributed by atoms with Gasteiger partial charge in [-0.1, -0.05) is 42.5 Å². The zero-order valence-electron chi connectivity index (χ0n) is 19.5. The summed E-state index contributed by atoms with van der Waals surface area (Å²) in [6.07, 6.45) is 5.02. The minimum Gasteiger partial charge on any atom is -0.460 e. The molecule has 1 aliphatic heterocycles. The Balaban J connectivity index is 1.79. The molecule has 1 N–H and O–H groups in total. The SMILES string of the molecule is C=CCC1CCC(C(=O)OC(C)(C)COC(=O)CN(CC=C)C(=O)OCc2ccccc2)N1. The minimum absolute atomic E-state index is 0.0915. The second-order valence-electron chi connectivity index (χ2n) is 8.57. The highest BCUT2D eigenvalue weighted by atomic mass is 16.6. The molecule has 0 radical (unpaired) electrons. The van der Waals surface area contributed by atoms with E-state index >= 15 is 0 Å². The molecule has 1 aromatic rings. The number of hydrogen-bond donors (Lipinski definition) is 1. The summed E-state index contributed by atoms with van der Waals surface area (Å²) in [4.78, 5) is 38.4. The van der Waals surface area contributed by atoms with Crippen molar-refractivity contribution in [3.8, 4) is 0 Å². The lowest BCUT2D eigenvalue weighted by Gasteiger charge is -2.27. The van der Waals surface area contributed by atoms with Crippen LogP contribution in [0.2, 0.25) is 0 Å². The molecule has 0 aromatic heterocycles. The van der Waals surface area contributed by atoms with Crippen LogP contribution in [0, 0.1) is 0 Å². The van der Waals surface area contributed by atoms with Crippen molar-refractivity contribution in [3.05, 3.63) is 61.2 Å². The standard InChI is InChI=1S/C25H34N2O6/c1-5-10-20-13-14-21(26-20)23(29)33-25(3,4)18-32-22(28)16-27(15-6-2)24(30)31-17-19-11-8-7-9-12-19/h5-9,11-12,20-21,26H,1-2,10,13-18H2,3-4H3. The first-order valence-electron chi connectivity index (χ1n) is 11.1. The molecule has 2 rings (SSSR count). The van der Waals surface area contributed by atoms with Crippen LogP contribution in [-0.2, 0) is 30.4 Å². The number of hydrogen-bond acceptors (Lipinski definition) is 7. The van der Waals surface area contributed by atoms with Crippen molar-refractivity contribution in [2.75, 3.05) is 19.7 Å². The fourth-order valence-electron chi connectivity index (χ4n) is 3.39. The summed E-state index contributed by atoms with van der Waals surface area (Å²) in [6.45, 7) is 10.4. The Hall–Kier alpha value is -3.13. The number of benzene rings is 1. The van der Waals surface area contributed by atoms with Gasteiger partial charge in [0.15, 0.2) is 0 Å². The molecule has 2 unspecified atom stereocenters. The molecule has 1 amide bonds. The van der Waals surface area contributed by atoms with Crippen molar-refractivity contribution in [1.82, 2.24) is 10.2 Å². The van der Waals surface area contributed by atoms with Crippen molar-refractivity contribution in [2.24, 2.45) is 0 Å². The van der Waals surface area contributed by atoms with E-state index in [1.807, 2.05) is 36.4 Å². The highest BCUT2D eigenvalue weighted by Crippen LogP contribution is 2.19. The molecule has 0 bridgehead atoms. The van der Waals surface area contributed by atoms with Gasteiger partial charge in [-0.3, -0.25) is 14.5 Å². The highest BCUT2D eigenvalue weighted by molar-refractivity contribution is 5.78. The van der Waals surface area contributed by atoms with Gasteiger partial charge < -0.3 is 19.5 Å². The fourth-order valence-corrected chi connectivity index (χ4v) is 3.39.